The van der Waals surface area contributed by atoms with Crippen molar-refractivity contribution in [1.29, 1.82) is 0 Å². The summed E-state index contributed by atoms with van der Waals surface area (Å²) < 4.78 is 0. The van der Waals surface area contributed by atoms with E-state index in [1.54, 1.807) is 0 Å². The molecule has 1 aliphatic carbocycles. The van der Waals surface area contributed by atoms with Crippen LogP contribution in [0.2, 0.25) is 0 Å². The molecule has 1 heteroatoms. The van der Waals surface area contributed by atoms with E-state index < -0.39 is 0 Å². The second-order valence-electron chi connectivity index (χ2n) is 5.65. The van der Waals surface area contributed by atoms with E-state index in [4.69, 9.17) is 0 Å². The van der Waals surface area contributed by atoms with Crippen LogP contribution in [-0.4, -0.2) is 12.6 Å². The molecular formula is C13H27N. The third kappa shape index (κ3) is 3.27. The van der Waals surface area contributed by atoms with Gasteiger partial charge in [-0.15, -0.1) is 0 Å². The van der Waals surface area contributed by atoms with Crippen LogP contribution in [0.25, 0.3) is 0 Å². The van der Waals surface area contributed by atoms with Gasteiger partial charge in [0.1, 0.15) is 0 Å². The first kappa shape index (κ1) is 12.0. The molecule has 0 aliphatic heterocycles. The molecule has 1 saturated carbocycles. The van der Waals surface area contributed by atoms with Crippen molar-refractivity contribution in [2.45, 2.75) is 65.8 Å². The van der Waals surface area contributed by atoms with Gasteiger partial charge in [-0.1, -0.05) is 33.6 Å². The molecule has 0 spiro atoms. The smallest absolute Gasteiger partial charge is 0.00362 e. The summed E-state index contributed by atoms with van der Waals surface area (Å²) in [5.41, 5.74) is 0.568. The largest absolute Gasteiger partial charge is 0.314 e. The maximum atomic E-state index is 3.66. The third-order valence-corrected chi connectivity index (χ3v) is 4.05. The van der Waals surface area contributed by atoms with Crippen LogP contribution >= 0.6 is 0 Å². The Hall–Kier alpha value is -0.0400. The second kappa shape index (κ2) is 5.16. The van der Waals surface area contributed by atoms with Crippen LogP contribution in [-0.2, 0) is 0 Å². The molecule has 0 amide bonds. The molecule has 14 heavy (non-hydrogen) atoms. The Kier molecular flexibility index (Phi) is 4.43. The minimum absolute atomic E-state index is 0.568. The van der Waals surface area contributed by atoms with E-state index in [-0.39, 0.29) is 0 Å². The first-order valence-electron chi connectivity index (χ1n) is 6.29. The average Bonchev–Trinajstić information content (AvgIpc) is 2.15. The first-order chi connectivity index (χ1) is 6.56. The van der Waals surface area contributed by atoms with Crippen LogP contribution in [0, 0.1) is 11.3 Å². The highest BCUT2D eigenvalue weighted by Gasteiger charge is 2.31. The molecule has 1 rings (SSSR count). The predicted molar refractivity (Wildman–Crippen MR) is 63.5 cm³/mol. The van der Waals surface area contributed by atoms with Crippen molar-refractivity contribution in [2.75, 3.05) is 6.54 Å². The lowest BCUT2D eigenvalue weighted by atomic mass is 9.69. The van der Waals surface area contributed by atoms with E-state index in [2.05, 4.69) is 33.0 Å². The van der Waals surface area contributed by atoms with Crippen LogP contribution < -0.4 is 5.32 Å². The zero-order chi connectivity index (χ0) is 10.6. The van der Waals surface area contributed by atoms with E-state index in [1.807, 2.05) is 0 Å². The van der Waals surface area contributed by atoms with Crippen LogP contribution in [0.15, 0.2) is 0 Å². The molecule has 1 N–H and O–H groups in total. The summed E-state index contributed by atoms with van der Waals surface area (Å²) in [6.45, 7) is 10.6. The summed E-state index contributed by atoms with van der Waals surface area (Å²) in [6.07, 6.45) is 6.96. The fourth-order valence-electron chi connectivity index (χ4n) is 2.43. The Balaban J connectivity index is 2.34. The minimum atomic E-state index is 0.568. The quantitative estimate of drug-likeness (QED) is 0.726. The molecule has 0 saturated heterocycles. The van der Waals surface area contributed by atoms with Crippen LogP contribution in [0.3, 0.4) is 0 Å². The summed E-state index contributed by atoms with van der Waals surface area (Å²) in [4.78, 5) is 0. The van der Waals surface area contributed by atoms with Gasteiger partial charge in [-0.3, -0.25) is 0 Å². The number of hydrogen-bond donors (Lipinski definition) is 1. The lowest BCUT2D eigenvalue weighted by Gasteiger charge is -2.39. The highest BCUT2D eigenvalue weighted by atomic mass is 14.9. The highest BCUT2D eigenvalue weighted by molar-refractivity contribution is 4.84. The molecule has 1 fully saturated rings. The molecule has 2 unspecified atom stereocenters. The molecule has 84 valence electrons. The molecule has 0 aromatic carbocycles. The summed E-state index contributed by atoms with van der Waals surface area (Å²) in [6, 6.07) is 0.688. The van der Waals surface area contributed by atoms with Crippen molar-refractivity contribution in [3.05, 3.63) is 0 Å². The van der Waals surface area contributed by atoms with Gasteiger partial charge < -0.3 is 5.32 Å². The lowest BCUT2D eigenvalue weighted by molar-refractivity contribution is 0.133. The molecule has 0 aromatic heterocycles. The van der Waals surface area contributed by atoms with E-state index in [0.29, 0.717) is 11.5 Å². The molecule has 1 nitrogen and oxygen atoms in total. The number of rotatable bonds is 4. The zero-order valence-electron chi connectivity index (χ0n) is 10.4. The van der Waals surface area contributed by atoms with Gasteiger partial charge in [0.15, 0.2) is 0 Å². The standard InChI is InChI=1S/C13H27N/c1-5-11(2)14-10-12-8-6-7-9-13(12,3)4/h11-12,14H,5-10H2,1-4H3. The average molecular weight is 197 g/mol. The second-order valence-corrected chi connectivity index (χ2v) is 5.65. The van der Waals surface area contributed by atoms with Crippen molar-refractivity contribution in [1.82, 2.24) is 5.32 Å². The number of hydrogen-bond acceptors (Lipinski definition) is 1. The molecule has 1 aliphatic rings. The van der Waals surface area contributed by atoms with Gasteiger partial charge in [0.05, 0.1) is 0 Å². The molecule has 0 radical (unpaired) electrons. The summed E-state index contributed by atoms with van der Waals surface area (Å²) >= 11 is 0. The first-order valence-corrected chi connectivity index (χ1v) is 6.29. The predicted octanol–water partition coefficient (Wildman–Crippen LogP) is 3.59. The van der Waals surface area contributed by atoms with Crippen LogP contribution in [0.4, 0.5) is 0 Å². The monoisotopic (exact) mass is 197 g/mol. The normalized spacial score (nSPS) is 28.7. The Morgan fingerprint density at radius 1 is 1.36 bits per heavy atom. The van der Waals surface area contributed by atoms with Gasteiger partial charge in [0.25, 0.3) is 0 Å². The fourth-order valence-corrected chi connectivity index (χ4v) is 2.43. The third-order valence-electron chi connectivity index (χ3n) is 4.05. The van der Waals surface area contributed by atoms with Gasteiger partial charge in [-0.05, 0) is 44.1 Å². The Bertz CT molecular complexity index is 163. The summed E-state index contributed by atoms with van der Waals surface area (Å²) in [7, 11) is 0. The lowest BCUT2D eigenvalue weighted by Crippen LogP contribution is -2.39. The topological polar surface area (TPSA) is 12.0 Å². The van der Waals surface area contributed by atoms with Gasteiger partial charge >= 0.3 is 0 Å². The van der Waals surface area contributed by atoms with E-state index in [1.165, 1.54) is 38.6 Å². The van der Waals surface area contributed by atoms with E-state index >= 15 is 0 Å². The van der Waals surface area contributed by atoms with Gasteiger partial charge in [0, 0.05) is 6.04 Å². The Morgan fingerprint density at radius 3 is 2.64 bits per heavy atom. The van der Waals surface area contributed by atoms with Crippen molar-refractivity contribution >= 4 is 0 Å². The van der Waals surface area contributed by atoms with Gasteiger partial charge in [0.2, 0.25) is 0 Å². The number of nitrogens with one attached hydrogen (secondary N) is 1. The highest BCUT2D eigenvalue weighted by Crippen LogP contribution is 2.39. The fraction of sp³-hybridized carbons (Fsp3) is 1.00. The van der Waals surface area contributed by atoms with Gasteiger partial charge in [-0.2, -0.15) is 0 Å². The van der Waals surface area contributed by atoms with Crippen molar-refractivity contribution in [3.8, 4) is 0 Å². The van der Waals surface area contributed by atoms with Crippen molar-refractivity contribution in [3.63, 3.8) is 0 Å². The molecular weight excluding hydrogens is 170 g/mol. The molecule has 0 aromatic rings. The van der Waals surface area contributed by atoms with Crippen LogP contribution in [0.5, 0.6) is 0 Å². The summed E-state index contributed by atoms with van der Waals surface area (Å²) in [5, 5.41) is 3.66. The van der Waals surface area contributed by atoms with E-state index in [0.717, 1.165) is 5.92 Å². The van der Waals surface area contributed by atoms with Gasteiger partial charge in [-0.25, -0.2) is 0 Å². The van der Waals surface area contributed by atoms with Crippen molar-refractivity contribution in [2.24, 2.45) is 11.3 Å². The Labute approximate surface area is 89.7 Å². The summed E-state index contributed by atoms with van der Waals surface area (Å²) in [5.74, 6) is 0.894. The molecule has 0 bridgehead atoms. The molecule has 0 heterocycles. The molecule has 2 atom stereocenters. The SMILES string of the molecule is CCC(C)NCC1CCCCC1(C)C. The van der Waals surface area contributed by atoms with E-state index in [9.17, 15) is 0 Å². The van der Waals surface area contributed by atoms with Crippen LogP contribution in [0.1, 0.15) is 59.8 Å². The minimum Gasteiger partial charge on any atom is -0.314 e. The maximum absolute atomic E-state index is 3.66. The maximum Gasteiger partial charge on any atom is 0.00362 e. The van der Waals surface area contributed by atoms with Crippen molar-refractivity contribution < 1.29 is 0 Å². The zero-order valence-corrected chi connectivity index (χ0v) is 10.4. The Morgan fingerprint density at radius 2 is 2.07 bits per heavy atom.